The number of hydrogen-bond donors (Lipinski definition) is 1. The van der Waals surface area contributed by atoms with Crippen LogP contribution in [0.15, 0.2) is 36.5 Å². The van der Waals surface area contributed by atoms with E-state index in [9.17, 15) is 9.18 Å². The fraction of sp³-hybridized carbons (Fsp3) is 0.560. The van der Waals surface area contributed by atoms with E-state index in [-0.39, 0.29) is 29.8 Å². The highest BCUT2D eigenvalue weighted by molar-refractivity contribution is 5.76. The largest absolute Gasteiger partial charge is 0.352 e. The molecule has 0 unspecified atom stereocenters. The first kappa shape index (κ1) is 21.3. The molecule has 1 amide bonds. The Balaban J connectivity index is 1.40. The van der Waals surface area contributed by atoms with Crippen molar-refractivity contribution in [2.24, 2.45) is 0 Å². The molecule has 3 aliphatic heterocycles. The molecule has 170 valence electrons. The van der Waals surface area contributed by atoms with Gasteiger partial charge in [-0.05, 0) is 62.3 Å². The summed E-state index contributed by atoms with van der Waals surface area (Å²) < 4.78 is 13.8. The molecule has 3 aliphatic rings. The highest BCUT2D eigenvalue weighted by Crippen LogP contribution is 2.33. The first-order valence-electron chi connectivity index (χ1n) is 12.0. The summed E-state index contributed by atoms with van der Waals surface area (Å²) in [6.07, 6.45) is 9.58. The molecule has 4 heterocycles. The number of halogens is 1. The first-order valence-corrected chi connectivity index (χ1v) is 12.0. The maximum atomic E-state index is 13.8. The molecule has 0 bridgehead atoms. The molecule has 3 saturated heterocycles. The van der Waals surface area contributed by atoms with Gasteiger partial charge in [0, 0.05) is 50.4 Å². The second kappa shape index (κ2) is 9.53. The van der Waals surface area contributed by atoms with Gasteiger partial charge in [-0.2, -0.15) is 0 Å². The van der Waals surface area contributed by atoms with Crippen LogP contribution in [0.4, 0.5) is 10.3 Å². The number of anilines is 1. The van der Waals surface area contributed by atoms with Crippen molar-refractivity contribution in [3.05, 3.63) is 53.6 Å². The number of rotatable bonds is 5. The van der Waals surface area contributed by atoms with Gasteiger partial charge in [-0.25, -0.2) is 14.4 Å². The van der Waals surface area contributed by atoms with Crippen LogP contribution in [-0.4, -0.2) is 52.0 Å². The topological polar surface area (TPSA) is 61.4 Å². The van der Waals surface area contributed by atoms with Crippen molar-refractivity contribution in [1.29, 1.82) is 0 Å². The fourth-order valence-corrected chi connectivity index (χ4v) is 5.64. The lowest BCUT2D eigenvalue weighted by Gasteiger charge is -2.33. The van der Waals surface area contributed by atoms with Crippen LogP contribution in [-0.2, 0) is 17.8 Å². The Labute approximate surface area is 189 Å². The zero-order valence-electron chi connectivity index (χ0n) is 18.5. The van der Waals surface area contributed by atoms with E-state index in [2.05, 4.69) is 20.1 Å². The van der Waals surface area contributed by atoms with Gasteiger partial charge in [-0.15, -0.1) is 0 Å². The smallest absolute Gasteiger partial charge is 0.225 e. The summed E-state index contributed by atoms with van der Waals surface area (Å²) >= 11 is 0. The average Bonchev–Trinajstić information content (AvgIpc) is 3.40. The van der Waals surface area contributed by atoms with Gasteiger partial charge in [0.1, 0.15) is 5.82 Å². The molecule has 0 radical (unpaired) electrons. The molecule has 1 aromatic heterocycles. The first-order chi connectivity index (χ1) is 15.7. The summed E-state index contributed by atoms with van der Waals surface area (Å²) in [5, 5.41) is 3.28. The summed E-state index contributed by atoms with van der Waals surface area (Å²) in [4.78, 5) is 26.5. The maximum Gasteiger partial charge on any atom is 0.225 e. The third kappa shape index (κ3) is 4.77. The van der Waals surface area contributed by atoms with E-state index in [1.807, 2.05) is 18.3 Å². The van der Waals surface area contributed by atoms with Crippen LogP contribution in [0.1, 0.15) is 56.2 Å². The second-order valence-electron chi connectivity index (χ2n) is 9.43. The zero-order valence-corrected chi connectivity index (χ0v) is 18.5. The standard InChI is InChI=1S/C25H32FN5O/c26-19-7-5-6-18(14-19)15-21-16-22-23(8-1-2-9-24(32)29-22)31(21)17-20-10-11-27-25(28-20)30-12-3-4-13-30/h5-7,10-11,14,21-23H,1-4,8-9,12-13,15-17H2,(H,29,32)/t21-,22+,23-/m1/s1. The number of carbonyl (C=O) groups excluding carboxylic acids is 1. The molecule has 1 aromatic carbocycles. The lowest BCUT2D eigenvalue weighted by atomic mass is 9.97. The lowest BCUT2D eigenvalue weighted by molar-refractivity contribution is -0.122. The number of aromatic nitrogens is 2. The summed E-state index contributed by atoms with van der Waals surface area (Å²) in [6, 6.07) is 9.56. The highest BCUT2D eigenvalue weighted by Gasteiger charge is 2.42. The van der Waals surface area contributed by atoms with Gasteiger partial charge < -0.3 is 10.2 Å². The Bertz CT molecular complexity index is 947. The van der Waals surface area contributed by atoms with Crippen LogP contribution in [0.25, 0.3) is 0 Å². The number of benzene rings is 1. The Kier molecular flexibility index (Phi) is 6.35. The quantitative estimate of drug-likeness (QED) is 0.776. The maximum absolute atomic E-state index is 13.8. The van der Waals surface area contributed by atoms with Crippen molar-refractivity contribution in [3.63, 3.8) is 0 Å². The minimum atomic E-state index is -0.197. The Morgan fingerprint density at radius 1 is 1.12 bits per heavy atom. The van der Waals surface area contributed by atoms with Gasteiger partial charge in [0.25, 0.3) is 0 Å². The number of carbonyl (C=O) groups is 1. The van der Waals surface area contributed by atoms with Gasteiger partial charge in [-0.3, -0.25) is 9.69 Å². The van der Waals surface area contributed by atoms with E-state index in [1.54, 1.807) is 12.1 Å². The van der Waals surface area contributed by atoms with E-state index >= 15 is 0 Å². The molecule has 7 heteroatoms. The summed E-state index contributed by atoms with van der Waals surface area (Å²) in [5.74, 6) is 0.783. The van der Waals surface area contributed by atoms with Crippen LogP contribution in [0.5, 0.6) is 0 Å². The van der Waals surface area contributed by atoms with Crippen LogP contribution < -0.4 is 10.2 Å². The molecule has 6 nitrogen and oxygen atoms in total. The highest BCUT2D eigenvalue weighted by atomic mass is 19.1. The van der Waals surface area contributed by atoms with E-state index < -0.39 is 0 Å². The fourth-order valence-electron chi connectivity index (χ4n) is 5.64. The lowest BCUT2D eigenvalue weighted by Crippen LogP contribution is -2.46. The molecule has 3 atom stereocenters. The molecule has 2 aromatic rings. The number of nitrogens with zero attached hydrogens (tertiary/aromatic N) is 4. The molecular formula is C25H32FN5O. The number of fused-ring (bicyclic) bond motifs is 1. The third-order valence-electron chi connectivity index (χ3n) is 7.18. The van der Waals surface area contributed by atoms with Crippen LogP contribution in [0, 0.1) is 5.82 Å². The van der Waals surface area contributed by atoms with Crippen molar-refractivity contribution in [2.75, 3.05) is 18.0 Å². The van der Waals surface area contributed by atoms with E-state index in [1.165, 1.54) is 18.9 Å². The Hall–Kier alpha value is -2.54. The van der Waals surface area contributed by atoms with Crippen molar-refractivity contribution in [2.45, 2.75) is 76.0 Å². The Morgan fingerprint density at radius 3 is 2.84 bits per heavy atom. The van der Waals surface area contributed by atoms with Crippen LogP contribution in [0.3, 0.4) is 0 Å². The van der Waals surface area contributed by atoms with Gasteiger partial charge >= 0.3 is 0 Å². The Morgan fingerprint density at radius 2 is 2.00 bits per heavy atom. The summed E-state index contributed by atoms with van der Waals surface area (Å²) in [7, 11) is 0. The molecule has 0 saturated carbocycles. The van der Waals surface area contributed by atoms with Gasteiger partial charge in [0.15, 0.2) is 0 Å². The number of nitrogens with one attached hydrogen (secondary N) is 1. The van der Waals surface area contributed by atoms with Crippen molar-refractivity contribution >= 4 is 11.9 Å². The second-order valence-corrected chi connectivity index (χ2v) is 9.43. The van der Waals surface area contributed by atoms with Gasteiger partial charge in [0.05, 0.1) is 5.69 Å². The minimum Gasteiger partial charge on any atom is -0.352 e. The van der Waals surface area contributed by atoms with Crippen molar-refractivity contribution < 1.29 is 9.18 Å². The predicted molar refractivity (Wildman–Crippen MR) is 122 cm³/mol. The zero-order chi connectivity index (χ0) is 21.9. The van der Waals surface area contributed by atoms with Gasteiger partial charge in [0.2, 0.25) is 11.9 Å². The predicted octanol–water partition coefficient (Wildman–Crippen LogP) is 3.46. The number of likely N-dealkylation sites (tertiary alicyclic amines) is 1. The van der Waals surface area contributed by atoms with Crippen LogP contribution >= 0.6 is 0 Å². The van der Waals surface area contributed by atoms with Crippen molar-refractivity contribution in [1.82, 2.24) is 20.2 Å². The molecule has 5 rings (SSSR count). The monoisotopic (exact) mass is 437 g/mol. The van der Waals surface area contributed by atoms with Gasteiger partial charge in [-0.1, -0.05) is 18.6 Å². The molecular weight excluding hydrogens is 405 g/mol. The minimum absolute atomic E-state index is 0.140. The van der Waals surface area contributed by atoms with E-state index in [4.69, 9.17) is 4.98 Å². The number of hydrogen-bond acceptors (Lipinski definition) is 5. The van der Waals surface area contributed by atoms with E-state index in [0.717, 1.165) is 68.9 Å². The van der Waals surface area contributed by atoms with Crippen LogP contribution in [0.2, 0.25) is 0 Å². The molecule has 0 spiro atoms. The van der Waals surface area contributed by atoms with E-state index in [0.29, 0.717) is 6.42 Å². The molecule has 1 N–H and O–H groups in total. The summed E-state index contributed by atoms with van der Waals surface area (Å²) in [5.41, 5.74) is 2.02. The normalized spacial score (nSPS) is 26.5. The third-order valence-corrected chi connectivity index (χ3v) is 7.18. The molecule has 0 aliphatic carbocycles. The number of amides is 1. The average molecular weight is 438 g/mol. The van der Waals surface area contributed by atoms with Crippen molar-refractivity contribution in [3.8, 4) is 0 Å². The SMILES string of the molecule is O=C1CCCC[C@@H]2[C@H](C[C@@H](Cc3cccc(F)c3)N2Cc2ccnc(N3CCCC3)n2)N1. The molecule has 3 fully saturated rings. The summed E-state index contributed by atoms with van der Waals surface area (Å²) in [6.45, 7) is 2.76. The molecule has 32 heavy (non-hydrogen) atoms.